The summed E-state index contributed by atoms with van der Waals surface area (Å²) in [6, 6.07) is 1.07. The fraction of sp³-hybridized carbons (Fsp3) is 0.727. The van der Waals surface area contributed by atoms with Crippen LogP contribution in [0.3, 0.4) is 0 Å². The number of hydrogen-bond acceptors (Lipinski definition) is 4. The number of thioether (sulfide) groups is 1. The van der Waals surface area contributed by atoms with Crippen molar-refractivity contribution >= 4 is 23.1 Å². The van der Waals surface area contributed by atoms with Crippen molar-refractivity contribution in [2.75, 3.05) is 6.26 Å². The summed E-state index contributed by atoms with van der Waals surface area (Å²) in [6.45, 7) is 2.21. The minimum atomic E-state index is 0.397. The van der Waals surface area contributed by atoms with Crippen LogP contribution in [0, 0.1) is 0 Å². The molecule has 1 aliphatic rings. The van der Waals surface area contributed by atoms with Crippen molar-refractivity contribution in [1.29, 1.82) is 0 Å². The standard InChI is InChI=1S/C11H18N2S2/c1-8(10-6-15-7-12-10)13-9-4-3-5-11(9)14-2/h6-9,11,13H,3-5H2,1-2H3. The average molecular weight is 242 g/mol. The SMILES string of the molecule is CSC1CCCC1NC(C)c1cscn1. The van der Waals surface area contributed by atoms with Gasteiger partial charge < -0.3 is 5.32 Å². The van der Waals surface area contributed by atoms with Crippen molar-refractivity contribution in [3.05, 3.63) is 16.6 Å². The lowest BCUT2D eigenvalue weighted by Crippen LogP contribution is -2.35. The van der Waals surface area contributed by atoms with Crippen LogP contribution in [0.15, 0.2) is 10.9 Å². The van der Waals surface area contributed by atoms with Crippen molar-refractivity contribution in [2.24, 2.45) is 0 Å². The van der Waals surface area contributed by atoms with Gasteiger partial charge >= 0.3 is 0 Å². The highest BCUT2D eigenvalue weighted by atomic mass is 32.2. The highest BCUT2D eigenvalue weighted by molar-refractivity contribution is 7.99. The summed E-state index contributed by atoms with van der Waals surface area (Å²) in [5, 5.41) is 6.64. The molecule has 2 nitrogen and oxygen atoms in total. The molecule has 0 spiro atoms. The molecule has 2 rings (SSSR count). The van der Waals surface area contributed by atoms with Crippen LogP contribution >= 0.6 is 23.1 Å². The van der Waals surface area contributed by atoms with Crippen molar-refractivity contribution < 1.29 is 0 Å². The van der Waals surface area contributed by atoms with Crippen LogP contribution in [0.4, 0.5) is 0 Å². The monoisotopic (exact) mass is 242 g/mol. The minimum Gasteiger partial charge on any atom is -0.305 e. The van der Waals surface area contributed by atoms with E-state index in [1.165, 1.54) is 25.0 Å². The first kappa shape index (κ1) is 11.4. The summed E-state index contributed by atoms with van der Waals surface area (Å²) >= 11 is 3.68. The van der Waals surface area contributed by atoms with Gasteiger partial charge in [0.1, 0.15) is 0 Å². The van der Waals surface area contributed by atoms with Crippen molar-refractivity contribution in [3.63, 3.8) is 0 Å². The lowest BCUT2D eigenvalue weighted by molar-refractivity contribution is 0.462. The van der Waals surface area contributed by atoms with Gasteiger partial charge in [-0.15, -0.1) is 11.3 Å². The van der Waals surface area contributed by atoms with Crippen molar-refractivity contribution in [1.82, 2.24) is 10.3 Å². The van der Waals surface area contributed by atoms with E-state index in [9.17, 15) is 0 Å². The van der Waals surface area contributed by atoms with E-state index in [2.05, 4.69) is 28.9 Å². The Bertz CT molecular complexity index is 287. The molecule has 1 saturated carbocycles. The zero-order valence-electron chi connectivity index (χ0n) is 9.27. The number of nitrogens with one attached hydrogen (secondary N) is 1. The van der Waals surface area contributed by atoms with Gasteiger partial charge in [-0.25, -0.2) is 4.98 Å². The topological polar surface area (TPSA) is 24.9 Å². The molecule has 0 saturated heterocycles. The molecular formula is C11H18N2S2. The van der Waals surface area contributed by atoms with Crippen LogP contribution in [0.5, 0.6) is 0 Å². The molecule has 1 fully saturated rings. The Kier molecular flexibility index (Phi) is 4.05. The minimum absolute atomic E-state index is 0.397. The molecule has 1 aromatic rings. The molecule has 0 bridgehead atoms. The first-order valence-electron chi connectivity index (χ1n) is 5.48. The summed E-state index contributed by atoms with van der Waals surface area (Å²) in [5.41, 5.74) is 3.10. The van der Waals surface area contributed by atoms with E-state index in [0.29, 0.717) is 12.1 Å². The van der Waals surface area contributed by atoms with Crippen LogP contribution in [-0.4, -0.2) is 22.5 Å². The molecule has 3 atom stereocenters. The molecule has 1 heterocycles. The smallest absolute Gasteiger partial charge is 0.0795 e. The lowest BCUT2D eigenvalue weighted by atomic mass is 10.2. The van der Waals surface area contributed by atoms with E-state index < -0.39 is 0 Å². The second-order valence-corrected chi connectivity index (χ2v) is 5.91. The van der Waals surface area contributed by atoms with E-state index in [0.717, 1.165) is 5.25 Å². The normalized spacial score (nSPS) is 28.1. The second kappa shape index (κ2) is 5.32. The lowest BCUT2D eigenvalue weighted by Gasteiger charge is -2.22. The van der Waals surface area contributed by atoms with Gasteiger partial charge in [0.05, 0.1) is 11.2 Å². The molecule has 1 aliphatic carbocycles. The Hall–Kier alpha value is -0.0600. The zero-order chi connectivity index (χ0) is 10.7. The molecule has 1 aromatic heterocycles. The number of rotatable bonds is 4. The predicted octanol–water partition coefficient (Wildman–Crippen LogP) is 3.08. The molecule has 0 aromatic carbocycles. The van der Waals surface area contributed by atoms with Gasteiger partial charge in [0, 0.05) is 22.7 Å². The van der Waals surface area contributed by atoms with E-state index in [4.69, 9.17) is 0 Å². The highest BCUT2D eigenvalue weighted by Crippen LogP contribution is 2.30. The van der Waals surface area contributed by atoms with Gasteiger partial charge in [0.25, 0.3) is 0 Å². The third kappa shape index (κ3) is 2.74. The fourth-order valence-electron chi connectivity index (χ4n) is 2.24. The molecule has 1 N–H and O–H groups in total. The summed E-state index contributed by atoms with van der Waals surface area (Å²) < 4.78 is 0. The molecule has 15 heavy (non-hydrogen) atoms. The molecule has 3 unspecified atom stereocenters. The number of nitrogens with zero attached hydrogens (tertiary/aromatic N) is 1. The summed E-state index contributed by atoms with van der Waals surface area (Å²) in [7, 11) is 0. The Morgan fingerprint density at radius 3 is 3.13 bits per heavy atom. The van der Waals surface area contributed by atoms with Crippen LogP contribution in [-0.2, 0) is 0 Å². The summed E-state index contributed by atoms with van der Waals surface area (Å²) in [5.74, 6) is 0. The van der Waals surface area contributed by atoms with Gasteiger partial charge in [-0.05, 0) is 26.0 Å². The molecule has 0 amide bonds. The van der Waals surface area contributed by atoms with Crippen LogP contribution < -0.4 is 5.32 Å². The average Bonchev–Trinajstić information content (AvgIpc) is 2.87. The van der Waals surface area contributed by atoms with Crippen molar-refractivity contribution in [3.8, 4) is 0 Å². The third-order valence-electron chi connectivity index (χ3n) is 3.11. The molecule has 0 radical (unpaired) electrons. The van der Waals surface area contributed by atoms with Gasteiger partial charge in [0.15, 0.2) is 0 Å². The second-order valence-electron chi connectivity index (χ2n) is 4.11. The van der Waals surface area contributed by atoms with Gasteiger partial charge in [-0.3, -0.25) is 0 Å². The van der Waals surface area contributed by atoms with Crippen LogP contribution in [0.25, 0.3) is 0 Å². The quantitative estimate of drug-likeness (QED) is 0.878. The largest absolute Gasteiger partial charge is 0.305 e. The van der Waals surface area contributed by atoms with Crippen LogP contribution in [0.1, 0.15) is 37.9 Å². The Balaban J connectivity index is 1.91. The molecule has 4 heteroatoms. The zero-order valence-corrected chi connectivity index (χ0v) is 10.9. The fourth-order valence-corrected chi connectivity index (χ4v) is 3.83. The number of aromatic nitrogens is 1. The molecule has 84 valence electrons. The number of thiazole rings is 1. The van der Waals surface area contributed by atoms with E-state index in [1.807, 2.05) is 17.3 Å². The van der Waals surface area contributed by atoms with Crippen LogP contribution in [0.2, 0.25) is 0 Å². The van der Waals surface area contributed by atoms with E-state index in [-0.39, 0.29) is 0 Å². The van der Waals surface area contributed by atoms with Gasteiger partial charge in [0.2, 0.25) is 0 Å². The first-order valence-corrected chi connectivity index (χ1v) is 7.71. The van der Waals surface area contributed by atoms with E-state index >= 15 is 0 Å². The van der Waals surface area contributed by atoms with E-state index in [1.54, 1.807) is 11.3 Å². The predicted molar refractivity (Wildman–Crippen MR) is 68.6 cm³/mol. The Labute approximate surface area is 99.9 Å². The summed E-state index contributed by atoms with van der Waals surface area (Å²) in [4.78, 5) is 4.36. The maximum atomic E-state index is 4.36. The summed E-state index contributed by atoms with van der Waals surface area (Å²) in [6.07, 6.45) is 6.27. The van der Waals surface area contributed by atoms with Gasteiger partial charge in [-0.2, -0.15) is 11.8 Å². The molecule has 0 aliphatic heterocycles. The Morgan fingerprint density at radius 2 is 2.47 bits per heavy atom. The van der Waals surface area contributed by atoms with Gasteiger partial charge in [-0.1, -0.05) is 6.42 Å². The first-order chi connectivity index (χ1) is 7.31. The third-order valence-corrected chi connectivity index (χ3v) is 4.89. The Morgan fingerprint density at radius 1 is 1.60 bits per heavy atom. The maximum absolute atomic E-state index is 4.36. The maximum Gasteiger partial charge on any atom is 0.0795 e. The molecular weight excluding hydrogens is 224 g/mol. The van der Waals surface area contributed by atoms with Crippen molar-refractivity contribution in [2.45, 2.75) is 43.5 Å². The number of hydrogen-bond donors (Lipinski definition) is 1. The highest BCUT2D eigenvalue weighted by Gasteiger charge is 2.27.